The first-order chi connectivity index (χ1) is 9.29. The number of morpholine rings is 1. The summed E-state index contributed by atoms with van der Waals surface area (Å²) in [4.78, 5) is 2.49. The number of aryl methyl sites for hydroxylation is 1. The van der Waals surface area contributed by atoms with Crippen LogP contribution in [0.4, 0.5) is 0 Å². The van der Waals surface area contributed by atoms with E-state index in [4.69, 9.17) is 15.2 Å². The molecular weight excluding hydrogens is 240 g/mol. The van der Waals surface area contributed by atoms with Gasteiger partial charge in [-0.2, -0.15) is 0 Å². The third-order valence-corrected chi connectivity index (χ3v) is 4.35. The van der Waals surface area contributed by atoms with Gasteiger partial charge in [-0.05, 0) is 36.1 Å². The fraction of sp³-hybridized carbons (Fsp3) is 0.600. The zero-order valence-electron chi connectivity index (χ0n) is 11.5. The summed E-state index contributed by atoms with van der Waals surface area (Å²) in [6.07, 6.45) is 2.21. The minimum atomic E-state index is 0.104. The highest BCUT2D eigenvalue weighted by atomic mass is 16.5. The average Bonchev–Trinajstić information content (AvgIpc) is 2.48. The summed E-state index contributed by atoms with van der Waals surface area (Å²) in [7, 11) is 1.71. The Hall–Kier alpha value is -1.10. The second-order valence-corrected chi connectivity index (χ2v) is 5.34. The molecule has 4 nitrogen and oxygen atoms in total. The molecule has 2 unspecified atom stereocenters. The lowest BCUT2D eigenvalue weighted by molar-refractivity contribution is 0.00731. The Bertz CT molecular complexity index is 444. The molecular formula is C15H22N2O2. The van der Waals surface area contributed by atoms with Crippen molar-refractivity contribution in [2.75, 3.05) is 33.4 Å². The van der Waals surface area contributed by atoms with Crippen molar-refractivity contribution in [3.63, 3.8) is 0 Å². The molecule has 1 aromatic rings. The highest BCUT2D eigenvalue weighted by Crippen LogP contribution is 2.33. The van der Waals surface area contributed by atoms with Crippen LogP contribution in [-0.2, 0) is 11.2 Å². The second kappa shape index (κ2) is 5.49. The van der Waals surface area contributed by atoms with Gasteiger partial charge < -0.3 is 15.2 Å². The van der Waals surface area contributed by atoms with Gasteiger partial charge in [-0.1, -0.05) is 6.07 Å². The summed E-state index contributed by atoms with van der Waals surface area (Å²) < 4.78 is 10.7. The van der Waals surface area contributed by atoms with Crippen molar-refractivity contribution in [3.05, 3.63) is 29.3 Å². The molecule has 4 heteroatoms. The van der Waals surface area contributed by atoms with Gasteiger partial charge in [0.25, 0.3) is 0 Å². The van der Waals surface area contributed by atoms with Gasteiger partial charge in [0.1, 0.15) is 5.75 Å². The first-order valence-electron chi connectivity index (χ1n) is 7.04. The second-order valence-electron chi connectivity index (χ2n) is 5.34. The lowest BCUT2D eigenvalue weighted by Gasteiger charge is -2.41. The predicted molar refractivity (Wildman–Crippen MR) is 74.4 cm³/mol. The lowest BCUT2D eigenvalue weighted by Crippen LogP contribution is -2.50. The Balaban J connectivity index is 1.81. The van der Waals surface area contributed by atoms with E-state index in [1.807, 2.05) is 6.07 Å². The van der Waals surface area contributed by atoms with Gasteiger partial charge in [0.05, 0.1) is 20.3 Å². The van der Waals surface area contributed by atoms with Gasteiger partial charge in [-0.15, -0.1) is 0 Å². The third kappa shape index (κ3) is 2.48. The molecule has 104 valence electrons. The molecule has 1 aliphatic heterocycles. The molecule has 1 heterocycles. The van der Waals surface area contributed by atoms with Crippen LogP contribution >= 0.6 is 0 Å². The smallest absolute Gasteiger partial charge is 0.119 e. The van der Waals surface area contributed by atoms with Gasteiger partial charge in [-0.3, -0.25) is 4.90 Å². The van der Waals surface area contributed by atoms with Crippen LogP contribution in [0.5, 0.6) is 5.75 Å². The highest BCUT2D eigenvalue weighted by Gasteiger charge is 2.32. The third-order valence-electron chi connectivity index (χ3n) is 4.35. The van der Waals surface area contributed by atoms with Crippen LogP contribution in [0.2, 0.25) is 0 Å². The molecule has 2 N–H and O–H groups in total. The van der Waals surface area contributed by atoms with Crippen LogP contribution in [0.3, 0.4) is 0 Å². The zero-order valence-corrected chi connectivity index (χ0v) is 11.5. The fourth-order valence-corrected chi connectivity index (χ4v) is 3.26. The molecule has 0 aromatic heterocycles. The fourth-order valence-electron chi connectivity index (χ4n) is 3.26. The number of ether oxygens (including phenoxy) is 2. The topological polar surface area (TPSA) is 47.7 Å². The predicted octanol–water partition coefficient (Wildman–Crippen LogP) is 1.34. The van der Waals surface area contributed by atoms with Crippen molar-refractivity contribution in [2.24, 2.45) is 5.73 Å². The van der Waals surface area contributed by atoms with Gasteiger partial charge >= 0.3 is 0 Å². The summed E-state index contributed by atoms with van der Waals surface area (Å²) in [6, 6.07) is 6.83. The van der Waals surface area contributed by atoms with Gasteiger partial charge in [0, 0.05) is 25.2 Å². The van der Waals surface area contributed by atoms with Crippen molar-refractivity contribution in [1.29, 1.82) is 0 Å². The van der Waals surface area contributed by atoms with Crippen LogP contribution in [0.1, 0.15) is 23.6 Å². The number of fused-ring (bicyclic) bond motifs is 1. The van der Waals surface area contributed by atoms with Crippen LogP contribution < -0.4 is 10.5 Å². The minimum absolute atomic E-state index is 0.104. The van der Waals surface area contributed by atoms with E-state index in [9.17, 15) is 0 Å². The monoisotopic (exact) mass is 262 g/mol. The Morgan fingerprint density at radius 1 is 1.32 bits per heavy atom. The first kappa shape index (κ1) is 12.9. The Kier molecular flexibility index (Phi) is 3.73. The number of hydrogen-bond acceptors (Lipinski definition) is 4. The lowest BCUT2D eigenvalue weighted by atomic mass is 9.83. The molecule has 1 aliphatic carbocycles. The Labute approximate surface area is 114 Å². The van der Waals surface area contributed by atoms with E-state index in [2.05, 4.69) is 17.0 Å². The molecule has 3 rings (SSSR count). The van der Waals surface area contributed by atoms with Gasteiger partial charge in [0.2, 0.25) is 0 Å². The number of nitrogens with zero attached hydrogens (tertiary/aromatic N) is 1. The van der Waals surface area contributed by atoms with Crippen molar-refractivity contribution in [2.45, 2.75) is 24.9 Å². The Morgan fingerprint density at radius 3 is 2.84 bits per heavy atom. The van der Waals surface area contributed by atoms with Crippen LogP contribution in [0, 0.1) is 0 Å². The maximum absolute atomic E-state index is 6.49. The van der Waals surface area contributed by atoms with E-state index >= 15 is 0 Å². The van der Waals surface area contributed by atoms with Crippen molar-refractivity contribution < 1.29 is 9.47 Å². The van der Waals surface area contributed by atoms with E-state index in [1.165, 1.54) is 11.1 Å². The number of rotatable bonds is 2. The van der Waals surface area contributed by atoms with Crippen LogP contribution in [-0.4, -0.2) is 44.4 Å². The first-order valence-corrected chi connectivity index (χ1v) is 7.04. The van der Waals surface area contributed by atoms with Gasteiger partial charge in [0.15, 0.2) is 0 Å². The van der Waals surface area contributed by atoms with E-state index < -0.39 is 0 Å². The average molecular weight is 262 g/mol. The molecule has 1 aromatic carbocycles. The molecule has 0 amide bonds. The molecule has 2 aliphatic rings. The molecule has 19 heavy (non-hydrogen) atoms. The number of nitrogens with two attached hydrogens (primary N) is 1. The summed E-state index contributed by atoms with van der Waals surface area (Å²) >= 11 is 0. The quantitative estimate of drug-likeness (QED) is 0.874. The maximum atomic E-state index is 6.49. The maximum Gasteiger partial charge on any atom is 0.119 e. The van der Waals surface area contributed by atoms with E-state index in [1.54, 1.807) is 7.11 Å². The van der Waals surface area contributed by atoms with Gasteiger partial charge in [-0.25, -0.2) is 0 Å². The summed E-state index contributed by atoms with van der Waals surface area (Å²) in [6.45, 7) is 3.67. The number of benzene rings is 1. The van der Waals surface area contributed by atoms with Crippen LogP contribution in [0.25, 0.3) is 0 Å². The molecule has 0 bridgehead atoms. The SMILES string of the molecule is COc1ccc2c(c1)CCC(N1CCOCC1)C2N. The summed E-state index contributed by atoms with van der Waals surface area (Å²) in [5.41, 5.74) is 9.11. The summed E-state index contributed by atoms with van der Waals surface area (Å²) in [5, 5.41) is 0. The zero-order chi connectivity index (χ0) is 13.2. The number of hydrogen-bond donors (Lipinski definition) is 1. The van der Waals surface area contributed by atoms with Crippen molar-refractivity contribution in [1.82, 2.24) is 4.90 Å². The summed E-state index contributed by atoms with van der Waals surface area (Å²) in [5.74, 6) is 0.927. The molecule has 2 atom stereocenters. The van der Waals surface area contributed by atoms with Crippen molar-refractivity contribution >= 4 is 0 Å². The Morgan fingerprint density at radius 2 is 2.11 bits per heavy atom. The molecule has 0 radical (unpaired) electrons. The molecule has 1 fully saturated rings. The van der Waals surface area contributed by atoms with Crippen molar-refractivity contribution in [3.8, 4) is 5.75 Å². The molecule has 0 saturated carbocycles. The van der Waals surface area contributed by atoms with E-state index in [0.29, 0.717) is 6.04 Å². The van der Waals surface area contributed by atoms with E-state index in [-0.39, 0.29) is 6.04 Å². The highest BCUT2D eigenvalue weighted by molar-refractivity contribution is 5.40. The largest absolute Gasteiger partial charge is 0.497 e. The molecule has 1 saturated heterocycles. The minimum Gasteiger partial charge on any atom is -0.497 e. The molecule has 0 spiro atoms. The normalized spacial score (nSPS) is 27.9. The van der Waals surface area contributed by atoms with E-state index in [0.717, 1.165) is 44.9 Å². The number of methoxy groups -OCH3 is 1. The standard InChI is InChI=1S/C15H22N2O2/c1-18-12-3-4-13-11(10-12)2-5-14(15(13)16)17-6-8-19-9-7-17/h3-4,10,14-15H,2,5-9,16H2,1H3. The van der Waals surface area contributed by atoms with Crippen LogP contribution in [0.15, 0.2) is 18.2 Å².